The van der Waals surface area contributed by atoms with E-state index in [1.54, 1.807) is 0 Å². The number of hydrogen-bond donors (Lipinski definition) is 3. The summed E-state index contributed by atoms with van der Waals surface area (Å²) in [6, 6.07) is 8.15. The number of amidine groups is 1. The lowest BCUT2D eigenvalue weighted by molar-refractivity contribution is -0.123. The van der Waals surface area contributed by atoms with Crippen molar-refractivity contribution in [1.29, 1.82) is 0 Å². The Morgan fingerprint density at radius 1 is 1.53 bits per heavy atom. The number of nitrogens with zero attached hydrogens (tertiary/aromatic N) is 1. The molecule has 5 heteroatoms. The highest BCUT2D eigenvalue weighted by molar-refractivity contribution is 6.01. The standard InChI is InChI=1S/C14H21N3O2/c1-3-12(13(15)17-19)14(18)16-8-7-11-6-4-5-10(2)9-11/h4-6,9,12,19H,3,7-8H2,1-2H3,(H2,15,17)(H,16,18). The molecule has 0 radical (unpaired) electrons. The van der Waals surface area contributed by atoms with Gasteiger partial charge in [0.1, 0.15) is 0 Å². The third kappa shape index (κ3) is 4.62. The van der Waals surface area contributed by atoms with Gasteiger partial charge in [-0.15, -0.1) is 0 Å². The smallest absolute Gasteiger partial charge is 0.230 e. The fourth-order valence-corrected chi connectivity index (χ4v) is 1.92. The molecule has 0 fully saturated rings. The van der Waals surface area contributed by atoms with Crippen LogP contribution in [0.3, 0.4) is 0 Å². The molecular formula is C14H21N3O2. The van der Waals surface area contributed by atoms with Crippen LogP contribution in [0.4, 0.5) is 0 Å². The van der Waals surface area contributed by atoms with E-state index in [0.29, 0.717) is 13.0 Å². The van der Waals surface area contributed by atoms with Gasteiger partial charge in [-0.3, -0.25) is 4.79 Å². The third-order valence-electron chi connectivity index (χ3n) is 2.99. The molecule has 4 N–H and O–H groups in total. The molecule has 1 aromatic rings. The van der Waals surface area contributed by atoms with Crippen molar-refractivity contribution >= 4 is 11.7 Å². The van der Waals surface area contributed by atoms with Crippen LogP contribution in [0.1, 0.15) is 24.5 Å². The largest absolute Gasteiger partial charge is 0.409 e. The van der Waals surface area contributed by atoms with Gasteiger partial charge in [0.2, 0.25) is 5.91 Å². The predicted molar refractivity (Wildman–Crippen MR) is 75.1 cm³/mol. The Balaban J connectivity index is 2.46. The average Bonchev–Trinajstić information content (AvgIpc) is 2.39. The minimum atomic E-state index is -0.567. The zero-order valence-corrected chi connectivity index (χ0v) is 11.4. The first-order chi connectivity index (χ1) is 9.08. The Kier molecular flexibility index (Phi) is 5.85. The lowest BCUT2D eigenvalue weighted by Crippen LogP contribution is -2.39. The van der Waals surface area contributed by atoms with Gasteiger partial charge in [0, 0.05) is 6.54 Å². The summed E-state index contributed by atoms with van der Waals surface area (Å²) in [5.74, 6) is -0.816. The summed E-state index contributed by atoms with van der Waals surface area (Å²) in [6.45, 7) is 4.40. The number of oxime groups is 1. The molecule has 0 saturated carbocycles. The van der Waals surface area contributed by atoms with Crippen LogP contribution in [-0.2, 0) is 11.2 Å². The highest BCUT2D eigenvalue weighted by Gasteiger charge is 2.20. The van der Waals surface area contributed by atoms with Gasteiger partial charge in [-0.25, -0.2) is 0 Å². The van der Waals surface area contributed by atoms with Crippen molar-refractivity contribution in [3.63, 3.8) is 0 Å². The molecule has 0 aliphatic heterocycles. The van der Waals surface area contributed by atoms with Gasteiger partial charge in [0.15, 0.2) is 5.84 Å². The molecule has 0 spiro atoms. The zero-order chi connectivity index (χ0) is 14.3. The van der Waals surface area contributed by atoms with Crippen molar-refractivity contribution in [3.8, 4) is 0 Å². The lowest BCUT2D eigenvalue weighted by atomic mass is 10.0. The van der Waals surface area contributed by atoms with Gasteiger partial charge in [-0.2, -0.15) is 0 Å². The Morgan fingerprint density at radius 2 is 2.26 bits per heavy atom. The fourth-order valence-electron chi connectivity index (χ4n) is 1.92. The van der Waals surface area contributed by atoms with E-state index >= 15 is 0 Å². The molecule has 19 heavy (non-hydrogen) atoms. The summed E-state index contributed by atoms with van der Waals surface area (Å²) in [5, 5.41) is 14.3. The molecule has 1 aromatic carbocycles. The summed E-state index contributed by atoms with van der Waals surface area (Å²) in [6.07, 6.45) is 1.27. The van der Waals surface area contributed by atoms with E-state index in [4.69, 9.17) is 10.9 Å². The van der Waals surface area contributed by atoms with Gasteiger partial charge in [-0.05, 0) is 25.3 Å². The van der Waals surface area contributed by atoms with E-state index in [9.17, 15) is 4.79 Å². The highest BCUT2D eigenvalue weighted by Crippen LogP contribution is 2.05. The Hall–Kier alpha value is -2.04. The topological polar surface area (TPSA) is 87.7 Å². The summed E-state index contributed by atoms with van der Waals surface area (Å²) in [5.41, 5.74) is 7.85. The number of carbonyl (C=O) groups is 1. The Morgan fingerprint density at radius 3 is 2.84 bits per heavy atom. The maximum atomic E-state index is 11.8. The molecule has 1 rings (SSSR count). The van der Waals surface area contributed by atoms with Crippen LogP contribution in [0, 0.1) is 12.8 Å². The molecule has 0 bridgehead atoms. The molecule has 1 atom stereocenters. The second-order valence-corrected chi connectivity index (χ2v) is 4.52. The van der Waals surface area contributed by atoms with Crippen molar-refractivity contribution in [2.24, 2.45) is 16.8 Å². The van der Waals surface area contributed by atoms with Gasteiger partial charge >= 0.3 is 0 Å². The van der Waals surface area contributed by atoms with Crippen LogP contribution in [0.2, 0.25) is 0 Å². The molecule has 1 amide bonds. The van der Waals surface area contributed by atoms with Crippen LogP contribution in [0.15, 0.2) is 29.4 Å². The Labute approximate surface area is 113 Å². The number of benzene rings is 1. The maximum Gasteiger partial charge on any atom is 0.230 e. The molecular weight excluding hydrogens is 242 g/mol. The van der Waals surface area contributed by atoms with Crippen molar-refractivity contribution in [2.45, 2.75) is 26.7 Å². The molecule has 0 saturated heterocycles. The van der Waals surface area contributed by atoms with Crippen LogP contribution in [-0.4, -0.2) is 23.5 Å². The second-order valence-electron chi connectivity index (χ2n) is 4.52. The SMILES string of the molecule is CCC(C(=O)NCCc1cccc(C)c1)C(N)=NO. The molecule has 0 aromatic heterocycles. The molecule has 0 aliphatic carbocycles. The second kappa shape index (κ2) is 7.41. The van der Waals surface area contributed by atoms with E-state index in [1.165, 1.54) is 11.1 Å². The number of nitrogens with one attached hydrogen (secondary N) is 1. The number of rotatable bonds is 6. The normalized spacial score (nSPS) is 13.1. The minimum Gasteiger partial charge on any atom is -0.409 e. The number of amides is 1. The molecule has 0 aliphatic rings. The van der Waals surface area contributed by atoms with Crippen LogP contribution in [0.5, 0.6) is 0 Å². The van der Waals surface area contributed by atoms with Crippen molar-refractivity contribution < 1.29 is 10.0 Å². The molecule has 1 unspecified atom stereocenters. The molecule has 5 nitrogen and oxygen atoms in total. The maximum absolute atomic E-state index is 11.8. The number of carbonyl (C=O) groups excluding carboxylic acids is 1. The fraction of sp³-hybridized carbons (Fsp3) is 0.429. The highest BCUT2D eigenvalue weighted by atomic mass is 16.4. The first-order valence-electron chi connectivity index (χ1n) is 6.39. The lowest BCUT2D eigenvalue weighted by Gasteiger charge is -2.13. The first-order valence-corrected chi connectivity index (χ1v) is 6.39. The van der Waals surface area contributed by atoms with Gasteiger partial charge in [-0.1, -0.05) is 41.9 Å². The van der Waals surface area contributed by atoms with Crippen LogP contribution < -0.4 is 11.1 Å². The van der Waals surface area contributed by atoms with Crippen molar-refractivity contribution in [1.82, 2.24) is 5.32 Å². The van der Waals surface area contributed by atoms with E-state index < -0.39 is 5.92 Å². The van der Waals surface area contributed by atoms with E-state index in [-0.39, 0.29) is 11.7 Å². The average molecular weight is 263 g/mol. The summed E-state index contributed by atoms with van der Waals surface area (Å²) >= 11 is 0. The van der Waals surface area contributed by atoms with E-state index in [0.717, 1.165) is 6.42 Å². The number of nitrogens with two attached hydrogens (primary N) is 1. The number of hydrogen-bond acceptors (Lipinski definition) is 3. The summed E-state index contributed by atoms with van der Waals surface area (Å²) in [7, 11) is 0. The predicted octanol–water partition coefficient (Wildman–Crippen LogP) is 1.43. The van der Waals surface area contributed by atoms with Gasteiger partial charge in [0.25, 0.3) is 0 Å². The zero-order valence-electron chi connectivity index (χ0n) is 11.4. The van der Waals surface area contributed by atoms with Gasteiger partial charge in [0.05, 0.1) is 5.92 Å². The first kappa shape index (κ1) is 15.0. The third-order valence-corrected chi connectivity index (χ3v) is 2.99. The van der Waals surface area contributed by atoms with Crippen molar-refractivity contribution in [3.05, 3.63) is 35.4 Å². The van der Waals surface area contributed by atoms with E-state index in [2.05, 4.69) is 16.5 Å². The number of aryl methyl sites for hydroxylation is 1. The van der Waals surface area contributed by atoms with Crippen LogP contribution >= 0.6 is 0 Å². The summed E-state index contributed by atoms with van der Waals surface area (Å²) < 4.78 is 0. The molecule has 0 heterocycles. The van der Waals surface area contributed by atoms with Crippen LogP contribution in [0.25, 0.3) is 0 Å². The Bertz CT molecular complexity index is 458. The van der Waals surface area contributed by atoms with Crippen molar-refractivity contribution in [2.75, 3.05) is 6.54 Å². The van der Waals surface area contributed by atoms with Gasteiger partial charge < -0.3 is 16.3 Å². The minimum absolute atomic E-state index is 0.0458. The van der Waals surface area contributed by atoms with E-state index in [1.807, 2.05) is 32.0 Å². The molecule has 104 valence electrons. The summed E-state index contributed by atoms with van der Waals surface area (Å²) in [4.78, 5) is 11.8. The quantitative estimate of drug-likeness (QED) is 0.314. The monoisotopic (exact) mass is 263 g/mol.